The molecule has 1 saturated heterocycles. The number of methoxy groups -OCH3 is 1. The Morgan fingerprint density at radius 2 is 1.81 bits per heavy atom. The maximum atomic E-state index is 5.41. The van der Waals surface area contributed by atoms with E-state index in [4.69, 9.17) is 9.47 Å². The highest BCUT2D eigenvalue weighted by atomic mass is 16.5. The Labute approximate surface area is 158 Å². The zero-order valence-corrected chi connectivity index (χ0v) is 15.3. The standard InChI is InChI=1S/C21H22N4O2/c1-26-19-6-7-20(23-15-19)16-8-9-22-21(14-16)24-17-2-4-18(5-3-17)25-10-12-27-13-11-25/h2-9,14-15H,10-13H2,1H3,(H,22,24). The number of nitrogens with one attached hydrogen (secondary N) is 1. The van der Waals surface area contributed by atoms with Crippen LogP contribution >= 0.6 is 0 Å². The first kappa shape index (κ1) is 17.3. The summed E-state index contributed by atoms with van der Waals surface area (Å²) < 4.78 is 10.6. The fourth-order valence-electron chi connectivity index (χ4n) is 3.06. The Morgan fingerprint density at radius 1 is 1.00 bits per heavy atom. The number of hydrogen-bond acceptors (Lipinski definition) is 6. The van der Waals surface area contributed by atoms with Crippen LogP contribution in [0.4, 0.5) is 17.2 Å². The van der Waals surface area contributed by atoms with Crippen molar-refractivity contribution >= 4 is 17.2 Å². The molecule has 2 aromatic heterocycles. The van der Waals surface area contributed by atoms with Gasteiger partial charge in [-0.15, -0.1) is 0 Å². The summed E-state index contributed by atoms with van der Waals surface area (Å²) >= 11 is 0. The topological polar surface area (TPSA) is 59.5 Å². The quantitative estimate of drug-likeness (QED) is 0.746. The van der Waals surface area contributed by atoms with Crippen LogP contribution in [0, 0.1) is 0 Å². The molecule has 0 spiro atoms. The van der Waals surface area contributed by atoms with Crippen LogP contribution in [0.15, 0.2) is 60.9 Å². The number of aromatic nitrogens is 2. The van der Waals surface area contributed by atoms with Gasteiger partial charge in [0.2, 0.25) is 0 Å². The van der Waals surface area contributed by atoms with Gasteiger partial charge in [0.1, 0.15) is 11.6 Å². The van der Waals surface area contributed by atoms with Crippen molar-refractivity contribution in [1.29, 1.82) is 0 Å². The van der Waals surface area contributed by atoms with Crippen molar-refractivity contribution in [3.05, 3.63) is 60.9 Å². The fraction of sp³-hybridized carbons (Fsp3) is 0.238. The molecule has 1 aromatic carbocycles. The van der Waals surface area contributed by atoms with Crippen molar-refractivity contribution in [1.82, 2.24) is 9.97 Å². The van der Waals surface area contributed by atoms with E-state index in [0.29, 0.717) is 0 Å². The highest BCUT2D eigenvalue weighted by molar-refractivity contribution is 5.67. The SMILES string of the molecule is COc1ccc(-c2ccnc(Nc3ccc(N4CCOCC4)cc3)c2)nc1. The Morgan fingerprint density at radius 3 is 2.52 bits per heavy atom. The van der Waals surface area contributed by atoms with Crippen LogP contribution in [0.2, 0.25) is 0 Å². The van der Waals surface area contributed by atoms with E-state index in [1.54, 1.807) is 19.5 Å². The average molecular weight is 362 g/mol. The fourth-order valence-corrected chi connectivity index (χ4v) is 3.06. The van der Waals surface area contributed by atoms with Crippen molar-refractivity contribution in [2.24, 2.45) is 0 Å². The molecular formula is C21H22N4O2. The molecule has 1 aliphatic rings. The maximum Gasteiger partial charge on any atom is 0.137 e. The summed E-state index contributed by atoms with van der Waals surface area (Å²) in [5.41, 5.74) is 4.09. The van der Waals surface area contributed by atoms with Crippen molar-refractivity contribution in [2.75, 3.05) is 43.6 Å². The summed E-state index contributed by atoms with van der Waals surface area (Å²) in [5, 5.41) is 3.36. The van der Waals surface area contributed by atoms with Gasteiger partial charge in [-0.25, -0.2) is 4.98 Å². The maximum absolute atomic E-state index is 5.41. The van der Waals surface area contributed by atoms with E-state index in [-0.39, 0.29) is 0 Å². The molecule has 6 heteroatoms. The Kier molecular flexibility index (Phi) is 5.16. The van der Waals surface area contributed by atoms with Gasteiger partial charge in [-0.1, -0.05) is 0 Å². The second kappa shape index (κ2) is 8.05. The molecule has 0 bridgehead atoms. The number of ether oxygens (including phenoxy) is 2. The number of morpholine rings is 1. The zero-order valence-electron chi connectivity index (χ0n) is 15.3. The summed E-state index contributed by atoms with van der Waals surface area (Å²) in [5.74, 6) is 1.52. The van der Waals surface area contributed by atoms with E-state index in [1.807, 2.05) is 24.3 Å². The number of rotatable bonds is 5. The van der Waals surface area contributed by atoms with Gasteiger partial charge in [-0.2, -0.15) is 0 Å². The highest BCUT2D eigenvalue weighted by Gasteiger charge is 2.11. The lowest BCUT2D eigenvalue weighted by Crippen LogP contribution is -2.36. The Bertz CT molecular complexity index is 875. The molecule has 0 amide bonds. The van der Waals surface area contributed by atoms with Crippen LogP contribution in [-0.2, 0) is 4.74 Å². The third-order valence-corrected chi connectivity index (χ3v) is 4.54. The predicted molar refractivity (Wildman–Crippen MR) is 107 cm³/mol. The normalized spacial score (nSPS) is 14.0. The van der Waals surface area contributed by atoms with Gasteiger partial charge in [0.25, 0.3) is 0 Å². The Hall–Kier alpha value is -3.12. The van der Waals surface area contributed by atoms with Crippen LogP contribution in [0.1, 0.15) is 0 Å². The first-order valence-electron chi connectivity index (χ1n) is 8.98. The lowest BCUT2D eigenvalue weighted by molar-refractivity contribution is 0.122. The van der Waals surface area contributed by atoms with E-state index in [0.717, 1.165) is 54.8 Å². The molecular weight excluding hydrogens is 340 g/mol. The molecule has 138 valence electrons. The van der Waals surface area contributed by atoms with Gasteiger partial charge in [0, 0.05) is 36.2 Å². The summed E-state index contributed by atoms with van der Waals surface area (Å²) in [6.07, 6.45) is 3.50. The van der Waals surface area contributed by atoms with Crippen LogP contribution in [0.25, 0.3) is 11.3 Å². The predicted octanol–water partition coefficient (Wildman–Crippen LogP) is 3.73. The molecule has 0 aliphatic carbocycles. The molecule has 0 radical (unpaired) electrons. The molecule has 1 fully saturated rings. The number of hydrogen-bond donors (Lipinski definition) is 1. The number of pyridine rings is 2. The van der Waals surface area contributed by atoms with Gasteiger partial charge in [-0.3, -0.25) is 4.98 Å². The third kappa shape index (κ3) is 4.17. The van der Waals surface area contributed by atoms with Crippen molar-refractivity contribution in [3.8, 4) is 17.0 Å². The summed E-state index contributed by atoms with van der Waals surface area (Å²) in [7, 11) is 1.63. The third-order valence-electron chi connectivity index (χ3n) is 4.54. The molecule has 1 aliphatic heterocycles. The lowest BCUT2D eigenvalue weighted by Gasteiger charge is -2.28. The van der Waals surface area contributed by atoms with E-state index < -0.39 is 0 Å². The number of anilines is 3. The minimum Gasteiger partial charge on any atom is -0.495 e. The van der Waals surface area contributed by atoms with Crippen LogP contribution < -0.4 is 15.0 Å². The van der Waals surface area contributed by atoms with Crippen molar-refractivity contribution < 1.29 is 9.47 Å². The molecule has 3 aromatic rings. The summed E-state index contributed by atoms with van der Waals surface area (Å²) in [4.78, 5) is 11.2. The van der Waals surface area contributed by atoms with Gasteiger partial charge >= 0.3 is 0 Å². The molecule has 0 unspecified atom stereocenters. The van der Waals surface area contributed by atoms with E-state index in [2.05, 4.69) is 44.5 Å². The number of nitrogens with zero attached hydrogens (tertiary/aromatic N) is 3. The van der Waals surface area contributed by atoms with Gasteiger partial charge in [-0.05, 0) is 48.5 Å². The molecule has 0 atom stereocenters. The first-order valence-corrected chi connectivity index (χ1v) is 8.98. The molecule has 4 rings (SSSR count). The first-order chi connectivity index (χ1) is 13.3. The van der Waals surface area contributed by atoms with Crippen LogP contribution in [0.3, 0.4) is 0 Å². The summed E-state index contributed by atoms with van der Waals surface area (Å²) in [6, 6.07) is 16.2. The number of benzene rings is 1. The van der Waals surface area contributed by atoms with E-state index in [1.165, 1.54) is 5.69 Å². The molecule has 0 saturated carbocycles. The summed E-state index contributed by atoms with van der Waals surface area (Å²) in [6.45, 7) is 3.45. The molecule has 27 heavy (non-hydrogen) atoms. The molecule has 1 N–H and O–H groups in total. The largest absolute Gasteiger partial charge is 0.495 e. The minimum absolute atomic E-state index is 0.742. The van der Waals surface area contributed by atoms with Crippen molar-refractivity contribution in [2.45, 2.75) is 0 Å². The second-order valence-corrected chi connectivity index (χ2v) is 6.28. The highest BCUT2D eigenvalue weighted by Crippen LogP contribution is 2.24. The van der Waals surface area contributed by atoms with E-state index >= 15 is 0 Å². The smallest absolute Gasteiger partial charge is 0.137 e. The minimum atomic E-state index is 0.742. The van der Waals surface area contributed by atoms with Gasteiger partial charge in [0.15, 0.2) is 0 Å². The molecule has 6 nitrogen and oxygen atoms in total. The van der Waals surface area contributed by atoms with E-state index in [9.17, 15) is 0 Å². The lowest BCUT2D eigenvalue weighted by atomic mass is 10.1. The Balaban J connectivity index is 1.47. The zero-order chi connectivity index (χ0) is 18.5. The van der Waals surface area contributed by atoms with Crippen molar-refractivity contribution in [3.63, 3.8) is 0 Å². The van der Waals surface area contributed by atoms with Crippen LogP contribution in [-0.4, -0.2) is 43.4 Å². The van der Waals surface area contributed by atoms with Gasteiger partial charge in [0.05, 0.1) is 32.2 Å². The monoisotopic (exact) mass is 362 g/mol. The van der Waals surface area contributed by atoms with Crippen LogP contribution in [0.5, 0.6) is 5.75 Å². The van der Waals surface area contributed by atoms with Gasteiger partial charge < -0.3 is 19.7 Å². The average Bonchev–Trinajstić information content (AvgIpc) is 2.75. The second-order valence-electron chi connectivity index (χ2n) is 6.28. The molecule has 3 heterocycles.